The Kier molecular flexibility index (Phi) is 2.78. The average Bonchev–Trinajstić information content (AvgIpc) is 2.30. The highest BCUT2D eigenvalue weighted by atomic mass is 14.6. The summed E-state index contributed by atoms with van der Waals surface area (Å²) in [6.07, 6.45) is 9.95. The van der Waals surface area contributed by atoms with Gasteiger partial charge in [-0.15, -0.1) is 0 Å². The molecule has 0 N–H and O–H groups in total. The number of aromatic nitrogens is 1. The highest BCUT2D eigenvalue weighted by molar-refractivity contribution is 5.37. The topological polar surface area (TPSA) is 36.7 Å². The van der Waals surface area contributed by atoms with E-state index >= 15 is 0 Å². The molecular formula is C12H14N2. The molecule has 0 amide bonds. The molecule has 1 aliphatic carbocycles. The second-order valence-electron chi connectivity index (χ2n) is 3.91. The van der Waals surface area contributed by atoms with E-state index in [4.69, 9.17) is 5.26 Å². The van der Waals surface area contributed by atoms with E-state index in [0.717, 1.165) is 11.1 Å². The molecule has 14 heavy (non-hydrogen) atoms. The Balaban J connectivity index is 2.26. The van der Waals surface area contributed by atoms with E-state index in [0.29, 0.717) is 5.92 Å². The van der Waals surface area contributed by atoms with Gasteiger partial charge in [0.1, 0.15) is 0 Å². The van der Waals surface area contributed by atoms with Crippen LogP contribution in [0.15, 0.2) is 18.5 Å². The van der Waals surface area contributed by atoms with Crippen molar-refractivity contribution in [2.24, 2.45) is 0 Å². The molecule has 0 saturated heterocycles. The number of pyridine rings is 1. The highest BCUT2D eigenvalue weighted by Gasteiger charge is 2.18. The predicted molar refractivity (Wildman–Crippen MR) is 54.8 cm³/mol. The van der Waals surface area contributed by atoms with Crippen molar-refractivity contribution in [3.05, 3.63) is 29.6 Å². The molecule has 2 nitrogen and oxygen atoms in total. The van der Waals surface area contributed by atoms with Gasteiger partial charge >= 0.3 is 0 Å². The van der Waals surface area contributed by atoms with E-state index in [-0.39, 0.29) is 0 Å². The van der Waals surface area contributed by atoms with Gasteiger partial charge in [0.2, 0.25) is 0 Å². The quantitative estimate of drug-likeness (QED) is 0.676. The Labute approximate surface area is 84.6 Å². The van der Waals surface area contributed by atoms with Crippen molar-refractivity contribution in [2.45, 2.75) is 38.0 Å². The van der Waals surface area contributed by atoms with Crippen molar-refractivity contribution in [1.29, 1.82) is 5.26 Å². The molecule has 0 radical (unpaired) electrons. The van der Waals surface area contributed by atoms with Crippen LogP contribution >= 0.6 is 0 Å². The van der Waals surface area contributed by atoms with Gasteiger partial charge < -0.3 is 0 Å². The van der Waals surface area contributed by atoms with Crippen LogP contribution < -0.4 is 0 Å². The lowest BCUT2D eigenvalue weighted by molar-refractivity contribution is 0.442. The van der Waals surface area contributed by atoms with Crippen LogP contribution in [0.5, 0.6) is 0 Å². The van der Waals surface area contributed by atoms with Crippen LogP contribution in [-0.4, -0.2) is 4.98 Å². The highest BCUT2D eigenvalue weighted by Crippen LogP contribution is 2.33. The first-order valence-corrected chi connectivity index (χ1v) is 5.26. The first-order chi connectivity index (χ1) is 6.92. The molecule has 0 unspecified atom stereocenters. The lowest BCUT2D eigenvalue weighted by Gasteiger charge is -2.22. The molecule has 1 aromatic rings. The summed E-state index contributed by atoms with van der Waals surface area (Å²) in [5.41, 5.74) is 1.97. The van der Waals surface area contributed by atoms with Crippen LogP contribution in [0, 0.1) is 11.3 Å². The monoisotopic (exact) mass is 186 g/mol. The molecular weight excluding hydrogens is 172 g/mol. The van der Waals surface area contributed by atoms with Crippen molar-refractivity contribution < 1.29 is 0 Å². The van der Waals surface area contributed by atoms with Crippen LogP contribution in [0.2, 0.25) is 0 Å². The fraction of sp³-hybridized carbons (Fsp3) is 0.500. The number of rotatable bonds is 1. The molecule has 2 rings (SSSR count). The van der Waals surface area contributed by atoms with Crippen molar-refractivity contribution in [3.8, 4) is 6.07 Å². The fourth-order valence-corrected chi connectivity index (χ4v) is 2.25. The first kappa shape index (κ1) is 9.21. The third-order valence-corrected chi connectivity index (χ3v) is 3.02. The van der Waals surface area contributed by atoms with E-state index in [1.54, 1.807) is 6.20 Å². The van der Waals surface area contributed by atoms with Crippen LogP contribution in [-0.2, 0) is 0 Å². The molecule has 1 saturated carbocycles. The first-order valence-electron chi connectivity index (χ1n) is 5.26. The summed E-state index contributed by atoms with van der Waals surface area (Å²) in [4.78, 5) is 4.12. The zero-order chi connectivity index (χ0) is 9.80. The third-order valence-electron chi connectivity index (χ3n) is 3.02. The minimum Gasteiger partial charge on any atom is -0.264 e. The number of hydrogen-bond acceptors (Lipinski definition) is 2. The van der Waals surface area contributed by atoms with Gasteiger partial charge in [-0.25, -0.2) is 0 Å². The largest absolute Gasteiger partial charge is 0.264 e. The molecule has 1 aromatic heterocycles. The van der Waals surface area contributed by atoms with Gasteiger partial charge in [0.05, 0.1) is 11.6 Å². The fourth-order valence-electron chi connectivity index (χ4n) is 2.25. The Hall–Kier alpha value is -1.36. The maximum Gasteiger partial charge on any atom is 0.0995 e. The van der Waals surface area contributed by atoms with Crippen LogP contribution in [0.3, 0.4) is 0 Å². The van der Waals surface area contributed by atoms with Crippen molar-refractivity contribution in [3.63, 3.8) is 0 Å². The third kappa shape index (κ3) is 1.77. The van der Waals surface area contributed by atoms with Crippen molar-refractivity contribution in [2.75, 3.05) is 0 Å². The summed E-state index contributed by atoms with van der Waals surface area (Å²) >= 11 is 0. The van der Waals surface area contributed by atoms with Gasteiger partial charge in [-0.1, -0.05) is 19.3 Å². The smallest absolute Gasteiger partial charge is 0.0995 e. The minimum atomic E-state index is 0.576. The van der Waals surface area contributed by atoms with E-state index in [1.165, 1.54) is 32.1 Å². The van der Waals surface area contributed by atoms with Crippen LogP contribution in [0.4, 0.5) is 0 Å². The average molecular weight is 186 g/mol. The summed E-state index contributed by atoms with van der Waals surface area (Å²) in [5.74, 6) is 0.576. The van der Waals surface area contributed by atoms with Crippen molar-refractivity contribution in [1.82, 2.24) is 4.98 Å². The van der Waals surface area contributed by atoms with Crippen LogP contribution in [0.25, 0.3) is 0 Å². The molecule has 1 fully saturated rings. The molecule has 0 bridgehead atoms. The summed E-state index contributed by atoms with van der Waals surface area (Å²) in [7, 11) is 0. The SMILES string of the molecule is N#Cc1ccncc1C1CCCCC1. The Morgan fingerprint density at radius 1 is 1.29 bits per heavy atom. The zero-order valence-electron chi connectivity index (χ0n) is 8.24. The number of nitrogens with zero attached hydrogens (tertiary/aromatic N) is 2. The molecule has 0 aliphatic heterocycles. The Morgan fingerprint density at radius 2 is 2.07 bits per heavy atom. The lowest BCUT2D eigenvalue weighted by Crippen LogP contribution is -2.06. The van der Waals surface area contributed by atoms with E-state index < -0.39 is 0 Å². The second-order valence-corrected chi connectivity index (χ2v) is 3.91. The van der Waals surface area contributed by atoms with Gasteiger partial charge in [-0.3, -0.25) is 4.98 Å². The Morgan fingerprint density at radius 3 is 2.79 bits per heavy atom. The van der Waals surface area contributed by atoms with E-state index in [9.17, 15) is 0 Å². The van der Waals surface area contributed by atoms with Gasteiger partial charge in [0.25, 0.3) is 0 Å². The molecule has 1 heterocycles. The van der Waals surface area contributed by atoms with Crippen LogP contribution in [0.1, 0.15) is 49.1 Å². The van der Waals surface area contributed by atoms with Gasteiger partial charge in [-0.2, -0.15) is 5.26 Å². The summed E-state index contributed by atoms with van der Waals surface area (Å²) < 4.78 is 0. The number of nitriles is 1. The molecule has 0 aromatic carbocycles. The molecule has 72 valence electrons. The lowest BCUT2D eigenvalue weighted by atomic mass is 9.83. The van der Waals surface area contributed by atoms with Gasteiger partial charge in [-0.05, 0) is 30.4 Å². The minimum absolute atomic E-state index is 0.576. The van der Waals surface area contributed by atoms with Gasteiger partial charge in [0.15, 0.2) is 0 Å². The zero-order valence-corrected chi connectivity index (χ0v) is 8.24. The molecule has 0 spiro atoms. The summed E-state index contributed by atoms with van der Waals surface area (Å²) in [6.45, 7) is 0. The predicted octanol–water partition coefficient (Wildman–Crippen LogP) is 3.00. The van der Waals surface area contributed by atoms with E-state index in [2.05, 4.69) is 11.1 Å². The standard InChI is InChI=1S/C12H14N2/c13-8-11-6-7-14-9-12(11)10-4-2-1-3-5-10/h6-7,9-10H,1-5H2. The maximum absolute atomic E-state index is 8.97. The summed E-state index contributed by atoms with van der Waals surface area (Å²) in [6, 6.07) is 4.08. The molecule has 0 atom stereocenters. The molecule has 1 aliphatic rings. The Bertz CT molecular complexity index is 346. The van der Waals surface area contributed by atoms with Gasteiger partial charge in [0, 0.05) is 12.4 Å². The maximum atomic E-state index is 8.97. The number of hydrogen-bond donors (Lipinski definition) is 0. The van der Waals surface area contributed by atoms with E-state index in [1.807, 2.05) is 12.3 Å². The second kappa shape index (κ2) is 4.23. The normalized spacial score (nSPS) is 17.6. The van der Waals surface area contributed by atoms with Crippen molar-refractivity contribution >= 4 is 0 Å². The summed E-state index contributed by atoms with van der Waals surface area (Å²) in [5, 5.41) is 8.97. The molecule has 2 heteroatoms.